The van der Waals surface area contributed by atoms with E-state index in [4.69, 9.17) is 5.84 Å². The number of pyridine rings is 1. The van der Waals surface area contributed by atoms with Crippen molar-refractivity contribution in [2.45, 2.75) is 26.7 Å². The number of amides is 1. The van der Waals surface area contributed by atoms with Crippen LogP contribution in [0.1, 0.15) is 23.4 Å². The maximum atomic E-state index is 11.2. The van der Waals surface area contributed by atoms with Crippen LogP contribution in [-0.2, 0) is 11.2 Å². The zero-order valence-corrected chi connectivity index (χ0v) is 11.1. The highest BCUT2D eigenvalue weighted by Crippen LogP contribution is 2.18. The largest absolute Gasteiger partial charge is 0.294 e. The molecule has 6 heteroatoms. The van der Waals surface area contributed by atoms with Gasteiger partial charge in [0.2, 0.25) is 5.91 Å². The van der Waals surface area contributed by atoms with Gasteiger partial charge in [0.15, 0.2) is 5.82 Å². The summed E-state index contributed by atoms with van der Waals surface area (Å²) in [5.74, 6) is 5.68. The minimum Gasteiger partial charge on any atom is -0.294 e. The Kier molecular flexibility index (Phi) is 3.91. The summed E-state index contributed by atoms with van der Waals surface area (Å²) in [5.41, 5.74) is 5.11. The lowest BCUT2D eigenvalue weighted by Crippen LogP contribution is -2.30. The fraction of sp³-hybridized carbons (Fsp3) is 0.308. The van der Waals surface area contributed by atoms with E-state index < -0.39 is 0 Å². The Morgan fingerprint density at radius 2 is 2.21 bits per heavy atom. The number of nitrogens with two attached hydrogens (primary N) is 1. The Balaban J connectivity index is 2.27. The average molecular weight is 259 g/mol. The van der Waals surface area contributed by atoms with E-state index in [2.05, 4.69) is 15.5 Å². The third-order valence-electron chi connectivity index (χ3n) is 3.07. The molecule has 0 bridgehead atoms. The van der Waals surface area contributed by atoms with E-state index in [1.807, 2.05) is 32.0 Å². The van der Waals surface area contributed by atoms with Crippen LogP contribution in [0.25, 0.3) is 5.82 Å². The van der Waals surface area contributed by atoms with Gasteiger partial charge in [0.25, 0.3) is 0 Å². The molecule has 0 atom stereocenters. The van der Waals surface area contributed by atoms with Crippen molar-refractivity contribution in [3.63, 3.8) is 0 Å². The Bertz CT molecular complexity index is 576. The van der Waals surface area contributed by atoms with Gasteiger partial charge < -0.3 is 0 Å². The molecule has 0 aliphatic carbocycles. The summed E-state index contributed by atoms with van der Waals surface area (Å²) in [7, 11) is 0. The minimum absolute atomic E-state index is 0.176. The van der Waals surface area contributed by atoms with Gasteiger partial charge in [0.1, 0.15) is 0 Å². The summed E-state index contributed by atoms with van der Waals surface area (Å²) >= 11 is 0. The number of carbonyl (C=O) groups is 1. The van der Waals surface area contributed by atoms with Gasteiger partial charge in [-0.15, -0.1) is 0 Å². The molecule has 0 saturated heterocycles. The maximum absolute atomic E-state index is 11.2. The molecule has 0 fully saturated rings. The fourth-order valence-corrected chi connectivity index (χ4v) is 2.05. The third kappa shape index (κ3) is 2.79. The molecule has 3 N–H and O–H groups in total. The fourth-order valence-electron chi connectivity index (χ4n) is 2.05. The first kappa shape index (κ1) is 13.2. The topological polar surface area (TPSA) is 85.8 Å². The molecule has 19 heavy (non-hydrogen) atoms. The number of nitrogens with one attached hydrogen (secondary N) is 1. The molecule has 0 unspecified atom stereocenters. The normalized spacial score (nSPS) is 10.5. The van der Waals surface area contributed by atoms with Gasteiger partial charge in [0.05, 0.1) is 5.69 Å². The highest BCUT2D eigenvalue weighted by Gasteiger charge is 2.14. The van der Waals surface area contributed by atoms with E-state index in [9.17, 15) is 4.79 Å². The molecule has 0 saturated carbocycles. The first-order valence-corrected chi connectivity index (χ1v) is 6.09. The van der Waals surface area contributed by atoms with Crippen LogP contribution in [0, 0.1) is 13.8 Å². The van der Waals surface area contributed by atoms with E-state index in [1.54, 1.807) is 10.9 Å². The smallest absolute Gasteiger partial charge is 0.234 e. The van der Waals surface area contributed by atoms with Crippen LogP contribution < -0.4 is 11.3 Å². The molecular weight excluding hydrogens is 242 g/mol. The monoisotopic (exact) mass is 259 g/mol. The van der Waals surface area contributed by atoms with Crippen LogP contribution in [0.3, 0.4) is 0 Å². The van der Waals surface area contributed by atoms with Crippen molar-refractivity contribution in [3.8, 4) is 5.82 Å². The number of carbonyl (C=O) groups excluding carboxylic acids is 1. The van der Waals surface area contributed by atoms with Gasteiger partial charge in [-0.3, -0.25) is 10.2 Å². The zero-order valence-electron chi connectivity index (χ0n) is 11.1. The van der Waals surface area contributed by atoms with Crippen molar-refractivity contribution >= 4 is 5.91 Å². The van der Waals surface area contributed by atoms with Crippen LogP contribution >= 0.6 is 0 Å². The summed E-state index contributed by atoms with van der Waals surface area (Å²) < 4.78 is 1.80. The molecule has 2 heterocycles. The molecule has 6 nitrogen and oxygen atoms in total. The summed E-state index contributed by atoms with van der Waals surface area (Å²) in [5, 5.41) is 4.48. The first-order valence-electron chi connectivity index (χ1n) is 6.09. The summed E-state index contributed by atoms with van der Waals surface area (Å²) in [6.07, 6.45) is 2.70. The summed E-state index contributed by atoms with van der Waals surface area (Å²) in [4.78, 5) is 15.5. The zero-order chi connectivity index (χ0) is 13.8. The number of aromatic nitrogens is 3. The molecule has 2 aromatic rings. The van der Waals surface area contributed by atoms with Crippen LogP contribution in [0.15, 0.2) is 24.4 Å². The van der Waals surface area contributed by atoms with Crippen molar-refractivity contribution in [2.24, 2.45) is 5.84 Å². The number of aryl methyl sites for hydroxylation is 1. The standard InChI is InChI=1S/C13H17N5O/c1-9-11(6-7-13(19)16-14)10(2)18(17-9)12-5-3-4-8-15-12/h3-5,8H,6-7,14H2,1-2H3,(H,16,19). The third-order valence-corrected chi connectivity index (χ3v) is 3.07. The number of hydrogen-bond acceptors (Lipinski definition) is 4. The Labute approximate surface area is 111 Å². The second-order valence-corrected chi connectivity index (χ2v) is 4.32. The predicted octanol–water partition coefficient (Wildman–Crippen LogP) is 0.807. The van der Waals surface area contributed by atoms with Crippen molar-refractivity contribution in [1.82, 2.24) is 20.2 Å². The van der Waals surface area contributed by atoms with E-state index in [1.165, 1.54) is 0 Å². The first-order chi connectivity index (χ1) is 9.13. The van der Waals surface area contributed by atoms with Gasteiger partial charge in [-0.1, -0.05) is 6.07 Å². The van der Waals surface area contributed by atoms with Crippen LogP contribution in [0.2, 0.25) is 0 Å². The van der Waals surface area contributed by atoms with Crippen LogP contribution in [0.5, 0.6) is 0 Å². The number of nitrogens with zero attached hydrogens (tertiary/aromatic N) is 3. The molecular formula is C13H17N5O. The van der Waals surface area contributed by atoms with Gasteiger partial charge >= 0.3 is 0 Å². The highest BCUT2D eigenvalue weighted by molar-refractivity contribution is 5.75. The van der Waals surface area contributed by atoms with Gasteiger partial charge in [0, 0.05) is 18.3 Å². The summed E-state index contributed by atoms with van der Waals surface area (Å²) in [6, 6.07) is 5.68. The van der Waals surface area contributed by atoms with E-state index in [-0.39, 0.29) is 5.91 Å². The number of rotatable bonds is 4. The van der Waals surface area contributed by atoms with Crippen molar-refractivity contribution in [3.05, 3.63) is 41.3 Å². The lowest BCUT2D eigenvalue weighted by molar-refractivity contribution is -0.121. The van der Waals surface area contributed by atoms with Gasteiger partial charge in [-0.2, -0.15) is 5.10 Å². The van der Waals surface area contributed by atoms with E-state index >= 15 is 0 Å². The second kappa shape index (κ2) is 5.62. The Hall–Kier alpha value is -2.21. The van der Waals surface area contributed by atoms with E-state index in [0.717, 1.165) is 22.8 Å². The SMILES string of the molecule is Cc1nn(-c2ccccn2)c(C)c1CCC(=O)NN. The van der Waals surface area contributed by atoms with Crippen molar-refractivity contribution in [2.75, 3.05) is 0 Å². The second-order valence-electron chi connectivity index (χ2n) is 4.32. The molecule has 2 aromatic heterocycles. The van der Waals surface area contributed by atoms with Crippen molar-refractivity contribution in [1.29, 1.82) is 0 Å². The molecule has 0 aromatic carbocycles. The molecule has 100 valence electrons. The maximum Gasteiger partial charge on any atom is 0.234 e. The van der Waals surface area contributed by atoms with Crippen LogP contribution in [0.4, 0.5) is 0 Å². The average Bonchev–Trinajstić information content (AvgIpc) is 2.72. The molecule has 2 rings (SSSR count). The lowest BCUT2D eigenvalue weighted by Gasteiger charge is -2.04. The van der Waals surface area contributed by atoms with Gasteiger partial charge in [-0.05, 0) is 38.0 Å². The Morgan fingerprint density at radius 3 is 2.84 bits per heavy atom. The van der Waals surface area contributed by atoms with E-state index in [0.29, 0.717) is 12.8 Å². The molecule has 0 aliphatic rings. The predicted molar refractivity (Wildman–Crippen MR) is 71.5 cm³/mol. The molecule has 0 radical (unpaired) electrons. The quantitative estimate of drug-likeness (QED) is 0.483. The van der Waals surface area contributed by atoms with Crippen molar-refractivity contribution < 1.29 is 4.79 Å². The highest BCUT2D eigenvalue weighted by atomic mass is 16.2. The number of hydrazine groups is 1. The lowest BCUT2D eigenvalue weighted by atomic mass is 10.1. The minimum atomic E-state index is -0.176. The Morgan fingerprint density at radius 1 is 1.42 bits per heavy atom. The molecule has 0 aliphatic heterocycles. The van der Waals surface area contributed by atoms with Gasteiger partial charge in [-0.25, -0.2) is 15.5 Å². The molecule has 1 amide bonds. The summed E-state index contributed by atoms with van der Waals surface area (Å²) in [6.45, 7) is 3.91. The number of hydrogen-bond donors (Lipinski definition) is 2. The van der Waals surface area contributed by atoms with Crippen LogP contribution in [-0.4, -0.2) is 20.7 Å². The molecule has 0 spiro atoms.